The largest absolute Gasteiger partial charge is 0.493 e. The monoisotopic (exact) mass is 313 g/mol. The fraction of sp³-hybridized carbons (Fsp3) is 0.389. The number of rotatable bonds is 2. The summed E-state index contributed by atoms with van der Waals surface area (Å²) in [6, 6.07) is 8.04. The van der Waals surface area contributed by atoms with E-state index in [0.29, 0.717) is 6.61 Å². The maximum Gasteiger partial charge on any atom is 0.252 e. The first-order valence-electron chi connectivity index (χ1n) is 7.95. The zero-order valence-electron chi connectivity index (χ0n) is 12.4. The summed E-state index contributed by atoms with van der Waals surface area (Å²) in [4.78, 5) is 14.1. The average molecular weight is 313 g/mol. The summed E-state index contributed by atoms with van der Waals surface area (Å²) in [5.74, 6) is 0.965. The first-order chi connectivity index (χ1) is 10.8. The predicted molar refractivity (Wildman–Crippen MR) is 87.7 cm³/mol. The number of para-hydroxylation sites is 1. The van der Waals surface area contributed by atoms with Crippen molar-refractivity contribution in [2.24, 2.45) is 0 Å². The fourth-order valence-electron chi connectivity index (χ4n) is 3.41. The van der Waals surface area contributed by atoms with Crippen LogP contribution in [0.3, 0.4) is 0 Å². The number of amides is 1. The lowest BCUT2D eigenvalue weighted by molar-refractivity contribution is 0.0924. The lowest BCUT2D eigenvalue weighted by Crippen LogP contribution is -2.32. The number of hydrogen-bond acceptors (Lipinski definition) is 3. The number of thiophene rings is 1. The normalized spacial score (nSPS) is 19.7. The zero-order valence-corrected chi connectivity index (χ0v) is 13.2. The molecule has 1 aliphatic heterocycles. The van der Waals surface area contributed by atoms with Gasteiger partial charge < -0.3 is 10.1 Å². The van der Waals surface area contributed by atoms with Crippen molar-refractivity contribution < 1.29 is 9.53 Å². The van der Waals surface area contributed by atoms with Crippen LogP contribution in [0.15, 0.2) is 29.6 Å². The van der Waals surface area contributed by atoms with Gasteiger partial charge in [-0.15, -0.1) is 11.3 Å². The van der Waals surface area contributed by atoms with Crippen LogP contribution >= 0.6 is 11.3 Å². The molecular formula is C18H19NO2S. The molecule has 2 aliphatic rings. The van der Waals surface area contributed by atoms with Gasteiger partial charge in [-0.25, -0.2) is 0 Å². The Morgan fingerprint density at radius 3 is 3.05 bits per heavy atom. The molecule has 4 heteroatoms. The maximum atomic E-state index is 12.7. The zero-order chi connectivity index (χ0) is 14.9. The quantitative estimate of drug-likeness (QED) is 0.913. The Morgan fingerprint density at radius 1 is 1.23 bits per heavy atom. The van der Waals surface area contributed by atoms with Crippen molar-refractivity contribution in [2.75, 3.05) is 6.61 Å². The van der Waals surface area contributed by atoms with Crippen molar-refractivity contribution in [3.63, 3.8) is 0 Å². The first-order valence-corrected chi connectivity index (χ1v) is 8.83. The van der Waals surface area contributed by atoms with E-state index in [2.05, 4.69) is 5.32 Å². The number of carbonyl (C=O) groups excluding carboxylic acids is 1. The van der Waals surface area contributed by atoms with E-state index in [1.807, 2.05) is 29.6 Å². The molecule has 1 atom stereocenters. The minimum Gasteiger partial charge on any atom is -0.493 e. The van der Waals surface area contributed by atoms with E-state index < -0.39 is 0 Å². The summed E-state index contributed by atoms with van der Waals surface area (Å²) >= 11 is 1.74. The lowest BCUT2D eigenvalue weighted by atomic mass is 9.95. The van der Waals surface area contributed by atoms with Gasteiger partial charge in [-0.05, 0) is 37.3 Å². The fourth-order valence-corrected chi connectivity index (χ4v) is 4.54. The van der Waals surface area contributed by atoms with Crippen molar-refractivity contribution in [1.29, 1.82) is 0 Å². The average Bonchev–Trinajstić information content (AvgIpc) is 2.99. The molecule has 0 radical (unpaired) electrons. The summed E-state index contributed by atoms with van der Waals surface area (Å²) in [6.07, 6.45) is 5.46. The molecule has 2 heterocycles. The minimum atomic E-state index is 0.0524. The highest BCUT2D eigenvalue weighted by molar-refractivity contribution is 7.10. The van der Waals surface area contributed by atoms with Crippen LogP contribution in [0.25, 0.3) is 0 Å². The van der Waals surface area contributed by atoms with E-state index in [0.717, 1.165) is 36.1 Å². The molecule has 0 saturated carbocycles. The lowest BCUT2D eigenvalue weighted by Gasteiger charge is -2.26. The van der Waals surface area contributed by atoms with Crippen LogP contribution in [-0.2, 0) is 12.8 Å². The third kappa shape index (κ3) is 2.41. The second-order valence-corrected chi connectivity index (χ2v) is 6.92. The third-order valence-electron chi connectivity index (χ3n) is 4.57. The van der Waals surface area contributed by atoms with Crippen LogP contribution in [-0.4, -0.2) is 12.5 Å². The van der Waals surface area contributed by atoms with Crippen molar-refractivity contribution in [3.05, 3.63) is 51.2 Å². The van der Waals surface area contributed by atoms with Gasteiger partial charge in [-0.3, -0.25) is 4.79 Å². The Labute approximate surface area is 134 Å². The van der Waals surface area contributed by atoms with Crippen molar-refractivity contribution >= 4 is 17.2 Å². The van der Waals surface area contributed by atoms with E-state index in [9.17, 15) is 4.79 Å². The van der Waals surface area contributed by atoms with E-state index in [1.165, 1.54) is 23.3 Å². The van der Waals surface area contributed by atoms with E-state index >= 15 is 0 Å². The van der Waals surface area contributed by atoms with Gasteiger partial charge in [-0.1, -0.05) is 18.2 Å². The summed E-state index contributed by atoms with van der Waals surface area (Å²) in [5.41, 5.74) is 3.27. The predicted octanol–water partition coefficient (Wildman–Crippen LogP) is 3.88. The molecule has 1 N–H and O–H groups in total. The molecule has 0 unspecified atom stereocenters. The molecule has 0 spiro atoms. The van der Waals surface area contributed by atoms with Gasteiger partial charge in [0.1, 0.15) is 5.75 Å². The van der Waals surface area contributed by atoms with Crippen molar-refractivity contribution in [3.8, 4) is 5.75 Å². The van der Waals surface area contributed by atoms with Crippen molar-refractivity contribution in [1.82, 2.24) is 5.32 Å². The molecular weight excluding hydrogens is 294 g/mol. The van der Waals surface area contributed by atoms with E-state index in [4.69, 9.17) is 4.74 Å². The smallest absolute Gasteiger partial charge is 0.252 e. The molecule has 22 heavy (non-hydrogen) atoms. The molecule has 1 aromatic heterocycles. The third-order valence-corrected chi connectivity index (χ3v) is 5.66. The number of hydrogen-bond donors (Lipinski definition) is 1. The number of carbonyl (C=O) groups is 1. The number of aryl methyl sites for hydroxylation is 1. The molecule has 2 aromatic rings. The molecule has 0 saturated heterocycles. The SMILES string of the molecule is O=C(N[C@H]1CCOc2ccccc21)c1csc2c1CCCC2. The van der Waals surface area contributed by atoms with Gasteiger partial charge in [0.15, 0.2) is 0 Å². The molecule has 0 bridgehead atoms. The van der Waals surface area contributed by atoms with Crippen LogP contribution < -0.4 is 10.1 Å². The topological polar surface area (TPSA) is 38.3 Å². The van der Waals surface area contributed by atoms with Gasteiger partial charge in [0.25, 0.3) is 5.91 Å². The number of nitrogens with one attached hydrogen (secondary N) is 1. The maximum absolute atomic E-state index is 12.7. The van der Waals surface area contributed by atoms with Crippen LogP contribution in [0.4, 0.5) is 0 Å². The highest BCUT2D eigenvalue weighted by atomic mass is 32.1. The highest BCUT2D eigenvalue weighted by Crippen LogP contribution is 2.33. The van der Waals surface area contributed by atoms with Gasteiger partial charge >= 0.3 is 0 Å². The van der Waals surface area contributed by atoms with Gasteiger partial charge in [0, 0.05) is 22.2 Å². The first kappa shape index (κ1) is 13.8. The summed E-state index contributed by atoms with van der Waals surface area (Å²) < 4.78 is 5.67. The number of ether oxygens (including phenoxy) is 1. The van der Waals surface area contributed by atoms with Crippen LogP contribution in [0.5, 0.6) is 5.75 Å². The highest BCUT2D eigenvalue weighted by Gasteiger charge is 2.25. The van der Waals surface area contributed by atoms with Crippen LogP contribution in [0.1, 0.15) is 51.7 Å². The Morgan fingerprint density at radius 2 is 2.09 bits per heavy atom. The van der Waals surface area contributed by atoms with Crippen LogP contribution in [0.2, 0.25) is 0 Å². The number of benzene rings is 1. The van der Waals surface area contributed by atoms with E-state index in [1.54, 1.807) is 11.3 Å². The molecule has 1 aromatic carbocycles. The Balaban J connectivity index is 1.57. The van der Waals surface area contributed by atoms with Crippen molar-refractivity contribution in [2.45, 2.75) is 38.1 Å². The Kier molecular flexibility index (Phi) is 3.62. The molecule has 1 aliphatic carbocycles. The van der Waals surface area contributed by atoms with Gasteiger partial charge in [0.05, 0.1) is 18.2 Å². The van der Waals surface area contributed by atoms with Gasteiger partial charge in [0.2, 0.25) is 0 Å². The molecule has 1 amide bonds. The Hall–Kier alpha value is -1.81. The summed E-state index contributed by atoms with van der Waals surface area (Å²) in [5, 5.41) is 5.25. The molecule has 4 rings (SSSR count). The van der Waals surface area contributed by atoms with E-state index in [-0.39, 0.29) is 11.9 Å². The van der Waals surface area contributed by atoms with Crippen LogP contribution in [0, 0.1) is 0 Å². The van der Waals surface area contributed by atoms with Gasteiger partial charge in [-0.2, -0.15) is 0 Å². The molecule has 3 nitrogen and oxygen atoms in total. The molecule has 114 valence electrons. The number of fused-ring (bicyclic) bond motifs is 2. The summed E-state index contributed by atoms with van der Waals surface area (Å²) in [6.45, 7) is 0.656. The second-order valence-electron chi connectivity index (χ2n) is 5.96. The minimum absolute atomic E-state index is 0.0524. The Bertz CT molecular complexity index is 707. The molecule has 0 fully saturated rings. The second kappa shape index (κ2) is 5.76. The summed E-state index contributed by atoms with van der Waals surface area (Å²) in [7, 11) is 0. The standard InChI is InChI=1S/C18H19NO2S/c20-18(14-11-22-17-8-4-2-5-12(14)17)19-15-9-10-21-16-7-3-1-6-13(15)16/h1,3,6-7,11,15H,2,4-5,8-10H2,(H,19,20)/t15-/m0/s1.